The number of benzene rings is 3. The van der Waals surface area contributed by atoms with Crippen LogP contribution in [0.5, 0.6) is 17.2 Å². The first-order chi connectivity index (χ1) is 16.5. The summed E-state index contributed by atoms with van der Waals surface area (Å²) in [5, 5.41) is 21.1. The molecule has 3 aromatic carbocycles. The molecule has 0 aromatic heterocycles. The maximum absolute atomic E-state index is 12.9. The number of halogens is 2. The number of phenolic OH excluding ortho intramolecular Hbond substituents is 1. The van der Waals surface area contributed by atoms with Crippen molar-refractivity contribution in [2.24, 2.45) is 0 Å². The second kappa shape index (κ2) is 11.1. The summed E-state index contributed by atoms with van der Waals surface area (Å²) in [6.45, 7) is 2.88. The first-order valence-electron chi connectivity index (χ1n) is 10.3. The molecule has 0 heterocycles. The van der Waals surface area contributed by atoms with Crippen LogP contribution in [0.2, 0.25) is 10.0 Å². The second-order valence-electron chi connectivity index (χ2n) is 7.58. The zero-order chi connectivity index (χ0) is 25.7. The fourth-order valence-electron chi connectivity index (χ4n) is 3.07. The van der Waals surface area contributed by atoms with E-state index in [0.29, 0.717) is 11.1 Å². The zero-order valence-electron chi connectivity index (χ0n) is 18.7. The molecule has 182 valence electrons. The topological polar surface area (TPSA) is 122 Å². The van der Waals surface area contributed by atoms with Gasteiger partial charge in [-0.2, -0.15) is 0 Å². The predicted octanol–water partition coefficient (Wildman–Crippen LogP) is 5.90. The minimum Gasteiger partial charge on any atom is -0.507 e. The second-order valence-corrected chi connectivity index (χ2v) is 8.40. The number of aromatic hydroxyl groups is 1. The minimum absolute atomic E-state index is 0.0459. The number of alkyl carbamates (subject to hydrolysis) is 1. The van der Waals surface area contributed by atoms with Crippen LogP contribution < -0.4 is 10.1 Å². The number of carbonyl (C=O) groups excluding carboxylic acids is 2. The molecule has 1 amide bonds. The molecule has 0 aliphatic carbocycles. The van der Waals surface area contributed by atoms with Gasteiger partial charge in [-0.1, -0.05) is 53.0 Å². The maximum Gasteiger partial charge on any atom is 0.408 e. The summed E-state index contributed by atoms with van der Waals surface area (Å²) in [5.41, 5.74) is 1.89. The Morgan fingerprint density at radius 2 is 1.63 bits per heavy atom. The lowest BCUT2D eigenvalue weighted by molar-refractivity contribution is -0.135. The Bertz CT molecular complexity index is 1250. The molecule has 0 bridgehead atoms. The van der Waals surface area contributed by atoms with E-state index < -0.39 is 24.7 Å². The largest absolute Gasteiger partial charge is 0.507 e. The van der Waals surface area contributed by atoms with E-state index in [0.717, 1.165) is 5.56 Å². The highest BCUT2D eigenvalue weighted by atomic mass is 35.5. The summed E-state index contributed by atoms with van der Waals surface area (Å²) >= 11 is 12.7. The number of hydrogen-bond donors (Lipinski definition) is 3. The standard InChI is InChI=1S/C25H21Cl2NO7/c1-13-3-5-15(6-4-13)23(32)18-11-17(7-8-21(18)29)35-24-19(26)9-16(10-20(24)27)14(2)34-25(33)28-12-22(30)31/h3-11,14,29H,12H2,1-2H3,(H,28,33)(H,30,31). The Morgan fingerprint density at radius 1 is 1.00 bits per heavy atom. The number of aryl methyl sites for hydroxylation is 1. The number of nitrogens with one attached hydrogen (secondary N) is 1. The van der Waals surface area contributed by atoms with Gasteiger partial charge in [-0.25, -0.2) is 4.79 Å². The van der Waals surface area contributed by atoms with Crippen LogP contribution in [-0.2, 0) is 9.53 Å². The maximum atomic E-state index is 12.9. The van der Waals surface area contributed by atoms with E-state index in [1.807, 2.05) is 6.92 Å². The van der Waals surface area contributed by atoms with Crippen LogP contribution in [0.4, 0.5) is 4.79 Å². The Balaban J connectivity index is 1.80. The molecule has 10 heteroatoms. The highest BCUT2D eigenvalue weighted by Gasteiger charge is 2.19. The predicted molar refractivity (Wildman–Crippen MR) is 130 cm³/mol. The minimum atomic E-state index is -1.21. The van der Waals surface area contributed by atoms with Crippen LogP contribution >= 0.6 is 23.2 Å². The van der Waals surface area contributed by atoms with Crippen molar-refractivity contribution in [1.82, 2.24) is 5.32 Å². The zero-order valence-corrected chi connectivity index (χ0v) is 20.2. The van der Waals surface area contributed by atoms with Crippen molar-refractivity contribution >= 4 is 41.0 Å². The lowest BCUT2D eigenvalue weighted by atomic mass is 10.0. The number of hydrogen-bond acceptors (Lipinski definition) is 6. The average molecular weight is 518 g/mol. The lowest BCUT2D eigenvalue weighted by Crippen LogP contribution is -2.30. The SMILES string of the molecule is Cc1ccc(C(=O)c2cc(Oc3c(Cl)cc(C(C)OC(=O)NCC(=O)O)cc3Cl)ccc2O)cc1. The summed E-state index contributed by atoms with van der Waals surface area (Å²) in [6.07, 6.45) is -1.71. The van der Waals surface area contributed by atoms with Crippen LogP contribution in [0, 0.1) is 6.92 Å². The van der Waals surface area contributed by atoms with Crippen molar-refractivity contribution in [3.05, 3.63) is 86.9 Å². The van der Waals surface area contributed by atoms with Crippen LogP contribution in [0.1, 0.15) is 40.1 Å². The van der Waals surface area contributed by atoms with E-state index in [2.05, 4.69) is 5.32 Å². The third kappa shape index (κ3) is 6.65. The number of amides is 1. The molecule has 3 aromatic rings. The van der Waals surface area contributed by atoms with Crippen LogP contribution in [-0.4, -0.2) is 34.6 Å². The van der Waals surface area contributed by atoms with E-state index in [4.69, 9.17) is 37.8 Å². The van der Waals surface area contributed by atoms with Gasteiger partial charge in [0.25, 0.3) is 0 Å². The number of phenols is 1. The summed E-state index contributed by atoms with van der Waals surface area (Å²) in [7, 11) is 0. The van der Waals surface area contributed by atoms with Crippen LogP contribution in [0.25, 0.3) is 0 Å². The molecular formula is C25H21Cl2NO7. The number of carboxylic acids is 1. The summed E-state index contributed by atoms with van der Waals surface area (Å²) in [4.78, 5) is 35.1. The number of carboxylic acid groups (broad SMARTS) is 1. The third-order valence-corrected chi connectivity index (χ3v) is 5.47. The van der Waals surface area contributed by atoms with E-state index in [-0.39, 0.29) is 38.6 Å². The van der Waals surface area contributed by atoms with Gasteiger partial charge in [-0.05, 0) is 49.7 Å². The van der Waals surface area contributed by atoms with Gasteiger partial charge >= 0.3 is 12.1 Å². The van der Waals surface area contributed by atoms with Gasteiger partial charge < -0.3 is 25.0 Å². The molecule has 0 saturated carbocycles. The van der Waals surface area contributed by atoms with Gasteiger partial charge in [-0.15, -0.1) is 0 Å². The van der Waals surface area contributed by atoms with Crippen molar-refractivity contribution in [1.29, 1.82) is 0 Å². The molecule has 0 fully saturated rings. The normalized spacial score (nSPS) is 11.4. The average Bonchev–Trinajstić information content (AvgIpc) is 2.81. The molecule has 3 rings (SSSR count). The molecular weight excluding hydrogens is 497 g/mol. The van der Waals surface area contributed by atoms with Gasteiger partial charge in [0, 0.05) is 5.56 Å². The summed E-state index contributed by atoms with van der Waals surface area (Å²) in [6, 6.07) is 14.1. The molecule has 1 atom stereocenters. The van der Waals surface area contributed by atoms with Gasteiger partial charge in [0.15, 0.2) is 11.5 Å². The van der Waals surface area contributed by atoms with Crippen molar-refractivity contribution in [2.75, 3.05) is 6.54 Å². The number of rotatable bonds is 8. The number of carbonyl (C=O) groups is 3. The van der Waals surface area contributed by atoms with E-state index in [1.165, 1.54) is 30.3 Å². The highest BCUT2D eigenvalue weighted by Crippen LogP contribution is 2.40. The molecule has 1 unspecified atom stereocenters. The van der Waals surface area contributed by atoms with Crippen molar-refractivity contribution < 1.29 is 34.1 Å². The molecule has 3 N–H and O–H groups in total. The van der Waals surface area contributed by atoms with Gasteiger partial charge in [0.1, 0.15) is 24.1 Å². The molecule has 0 spiro atoms. The summed E-state index contributed by atoms with van der Waals surface area (Å²) < 4.78 is 10.9. The van der Waals surface area contributed by atoms with Crippen LogP contribution in [0.3, 0.4) is 0 Å². The highest BCUT2D eigenvalue weighted by molar-refractivity contribution is 6.37. The number of ketones is 1. The smallest absolute Gasteiger partial charge is 0.408 e. The number of ether oxygens (including phenoxy) is 2. The van der Waals surface area contributed by atoms with Gasteiger partial charge in [0.05, 0.1) is 15.6 Å². The molecule has 35 heavy (non-hydrogen) atoms. The molecule has 0 aliphatic heterocycles. The Hall–Kier alpha value is -3.75. The van der Waals surface area contributed by atoms with E-state index in [9.17, 15) is 19.5 Å². The fraction of sp³-hybridized carbons (Fsp3) is 0.160. The Labute approximate surface area is 211 Å². The fourth-order valence-corrected chi connectivity index (χ4v) is 3.65. The van der Waals surface area contributed by atoms with Crippen LogP contribution in [0.15, 0.2) is 54.6 Å². The first kappa shape index (κ1) is 25.9. The molecule has 8 nitrogen and oxygen atoms in total. The monoisotopic (exact) mass is 517 g/mol. The van der Waals surface area contributed by atoms with Gasteiger partial charge in [0.2, 0.25) is 0 Å². The Morgan fingerprint density at radius 3 is 2.23 bits per heavy atom. The van der Waals surface area contributed by atoms with E-state index >= 15 is 0 Å². The van der Waals surface area contributed by atoms with Crippen molar-refractivity contribution in [3.8, 4) is 17.2 Å². The van der Waals surface area contributed by atoms with Crippen molar-refractivity contribution in [2.45, 2.75) is 20.0 Å². The lowest BCUT2D eigenvalue weighted by Gasteiger charge is -2.17. The summed E-state index contributed by atoms with van der Waals surface area (Å²) in [5.74, 6) is -1.48. The number of aliphatic carboxylic acids is 1. The Kier molecular flexibility index (Phi) is 8.22. The quantitative estimate of drug-likeness (QED) is 0.317. The molecule has 0 radical (unpaired) electrons. The first-order valence-corrected chi connectivity index (χ1v) is 11.1. The molecule has 0 saturated heterocycles. The molecule has 0 aliphatic rings. The van der Waals surface area contributed by atoms with Gasteiger partial charge in [-0.3, -0.25) is 9.59 Å². The van der Waals surface area contributed by atoms with E-state index in [1.54, 1.807) is 31.2 Å². The third-order valence-electron chi connectivity index (χ3n) is 4.90. The van der Waals surface area contributed by atoms with Crippen molar-refractivity contribution in [3.63, 3.8) is 0 Å².